The molecule has 0 saturated carbocycles. The van der Waals surface area contributed by atoms with Crippen LogP contribution in [-0.4, -0.2) is 22.6 Å². The summed E-state index contributed by atoms with van der Waals surface area (Å²) in [6, 6.07) is 9.29. The molecule has 0 radical (unpaired) electrons. The average Bonchev–Trinajstić information content (AvgIpc) is 3.08. The van der Waals surface area contributed by atoms with E-state index in [0.29, 0.717) is 22.5 Å². The first-order valence-electron chi connectivity index (χ1n) is 7.55. The molecule has 0 fully saturated rings. The molecule has 1 amide bonds. The maximum atomic E-state index is 13.5. The lowest BCUT2D eigenvalue weighted by atomic mass is 9.69. The molecule has 1 unspecified atom stereocenters. The summed E-state index contributed by atoms with van der Waals surface area (Å²) in [5.41, 5.74) is 7.03. The number of nitrogens with one attached hydrogen (secondary N) is 1. The number of nitriles is 1. The number of anilines is 1. The Morgan fingerprint density at radius 3 is 2.96 bits per heavy atom. The number of benzene rings is 1. The number of nitrogens with zero attached hydrogens (tertiary/aromatic N) is 3. The number of hydrogen-bond acceptors (Lipinski definition) is 5. The fraction of sp³-hybridized carbons (Fsp3) is 0.167. The normalized spacial score (nSPS) is 20.8. The van der Waals surface area contributed by atoms with Crippen LogP contribution in [0.1, 0.15) is 16.8 Å². The van der Waals surface area contributed by atoms with Gasteiger partial charge in [-0.05, 0) is 13.0 Å². The molecule has 1 aromatic carbocycles. The standard InChI is InChI=1S/C18H13N5O2/c1-3-8-23-13-7-5-4-6-11(13)18(17(23)24)12(9-19)15(20)25-16-14(18)10(2)21-22-16/h1,4-7H,8,20H2,2H3,(H,21,22). The summed E-state index contributed by atoms with van der Waals surface area (Å²) >= 11 is 0. The molecule has 0 bridgehead atoms. The molecular weight excluding hydrogens is 318 g/mol. The number of fused-ring (bicyclic) bond motifs is 4. The highest BCUT2D eigenvalue weighted by molar-refractivity contribution is 6.14. The smallest absolute Gasteiger partial charge is 0.248 e. The van der Waals surface area contributed by atoms with Gasteiger partial charge in [-0.3, -0.25) is 14.8 Å². The Labute approximate surface area is 143 Å². The van der Waals surface area contributed by atoms with Crippen molar-refractivity contribution in [3.05, 3.63) is 52.5 Å². The molecule has 1 spiro atoms. The second-order valence-corrected chi connectivity index (χ2v) is 5.84. The summed E-state index contributed by atoms with van der Waals surface area (Å²) in [5.74, 6) is 2.23. The van der Waals surface area contributed by atoms with Gasteiger partial charge in [-0.1, -0.05) is 24.1 Å². The van der Waals surface area contributed by atoms with Crippen LogP contribution in [0, 0.1) is 30.6 Å². The van der Waals surface area contributed by atoms with E-state index in [4.69, 9.17) is 16.9 Å². The predicted molar refractivity (Wildman–Crippen MR) is 89.2 cm³/mol. The molecule has 3 heterocycles. The Morgan fingerprint density at radius 2 is 2.24 bits per heavy atom. The number of amides is 1. The Morgan fingerprint density at radius 1 is 1.48 bits per heavy atom. The van der Waals surface area contributed by atoms with E-state index in [-0.39, 0.29) is 29.8 Å². The Hall–Kier alpha value is -3.71. The van der Waals surface area contributed by atoms with E-state index in [1.807, 2.05) is 12.1 Å². The first-order chi connectivity index (χ1) is 12.1. The van der Waals surface area contributed by atoms with Crippen LogP contribution in [0.2, 0.25) is 0 Å². The summed E-state index contributed by atoms with van der Waals surface area (Å²) < 4.78 is 5.48. The number of aromatic nitrogens is 2. The molecule has 0 aliphatic carbocycles. The zero-order valence-corrected chi connectivity index (χ0v) is 13.3. The Bertz CT molecular complexity index is 1040. The number of carbonyl (C=O) groups excluding carboxylic acids is 1. The third-order valence-corrected chi connectivity index (χ3v) is 4.64. The highest BCUT2D eigenvalue weighted by Crippen LogP contribution is 2.55. The number of aryl methyl sites for hydroxylation is 1. The van der Waals surface area contributed by atoms with E-state index < -0.39 is 5.41 Å². The number of rotatable bonds is 1. The van der Waals surface area contributed by atoms with Crippen molar-refractivity contribution in [3.8, 4) is 24.3 Å². The molecule has 2 aliphatic rings. The van der Waals surface area contributed by atoms with Crippen LogP contribution >= 0.6 is 0 Å². The summed E-state index contributed by atoms with van der Waals surface area (Å²) in [7, 11) is 0. The summed E-state index contributed by atoms with van der Waals surface area (Å²) in [5, 5.41) is 16.7. The number of terminal acetylenes is 1. The highest BCUT2D eigenvalue weighted by Gasteiger charge is 2.60. The fourth-order valence-electron chi connectivity index (χ4n) is 3.71. The van der Waals surface area contributed by atoms with Gasteiger partial charge in [0, 0.05) is 16.9 Å². The summed E-state index contributed by atoms with van der Waals surface area (Å²) in [4.78, 5) is 15.0. The molecule has 25 heavy (non-hydrogen) atoms. The van der Waals surface area contributed by atoms with Crippen LogP contribution in [0.5, 0.6) is 5.88 Å². The van der Waals surface area contributed by atoms with Gasteiger partial charge in [-0.2, -0.15) is 5.26 Å². The molecule has 7 heteroatoms. The van der Waals surface area contributed by atoms with Crippen LogP contribution in [-0.2, 0) is 10.2 Å². The number of aromatic amines is 1. The van der Waals surface area contributed by atoms with E-state index in [2.05, 4.69) is 22.2 Å². The van der Waals surface area contributed by atoms with E-state index in [9.17, 15) is 10.1 Å². The lowest BCUT2D eigenvalue weighted by molar-refractivity contribution is -0.120. The van der Waals surface area contributed by atoms with E-state index >= 15 is 0 Å². The van der Waals surface area contributed by atoms with Crippen LogP contribution in [0.4, 0.5) is 5.69 Å². The van der Waals surface area contributed by atoms with Gasteiger partial charge >= 0.3 is 0 Å². The monoisotopic (exact) mass is 331 g/mol. The molecule has 2 aliphatic heterocycles. The van der Waals surface area contributed by atoms with Crippen molar-refractivity contribution in [1.29, 1.82) is 5.26 Å². The number of nitrogens with two attached hydrogens (primary N) is 1. The molecular formula is C18H13N5O2. The van der Waals surface area contributed by atoms with Gasteiger partial charge in [-0.25, -0.2) is 0 Å². The molecule has 0 saturated heterocycles. The minimum atomic E-state index is -1.41. The minimum absolute atomic E-state index is 0.0430. The first-order valence-corrected chi connectivity index (χ1v) is 7.55. The summed E-state index contributed by atoms with van der Waals surface area (Å²) in [6.07, 6.45) is 5.46. The second-order valence-electron chi connectivity index (χ2n) is 5.84. The van der Waals surface area contributed by atoms with Gasteiger partial charge in [0.1, 0.15) is 17.1 Å². The van der Waals surface area contributed by atoms with Crippen LogP contribution in [0.15, 0.2) is 35.7 Å². The van der Waals surface area contributed by atoms with Gasteiger partial charge in [0.25, 0.3) is 0 Å². The molecule has 4 rings (SSSR count). The van der Waals surface area contributed by atoms with Crippen LogP contribution in [0.25, 0.3) is 0 Å². The number of carbonyl (C=O) groups is 1. The van der Waals surface area contributed by atoms with Gasteiger partial charge in [0.15, 0.2) is 0 Å². The molecule has 3 N–H and O–H groups in total. The average molecular weight is 331 g/mol. The van der Waals surface area contributed by atoms with Crippen molar-refractivity contribution >= 4 is 11.6 Å². The van der Waals surface area contributed by atoms with Gasteiger partial charge in [-0.15, -0.1) is 11.5 Å². The zero-order valence-electron chi connectivity index (χ0n) is 13.3. The highest BCUT2D eigenvalue weighted by atomic mass is 16.5. The largest absolute Gasteiger partial charge is 0.420 e. The lowest BCUT2D eigenvalue weighted by Gasteiger charge is -2.32. The van der Waals surface area contributed by atoms with Gasteiger partial charge in [0.05, 0.1) is 12.1 Å². The minimum Gasteiger partial charge on any atom is -0.420 e. The SMILES string of the molecule is C#CCN1C(=O)C2(C(C#N)=C(N)Oc3n[nH]c(C)c32)c2ccccc21. The maximum absolute atomic E-state index is 13.5. The third kappa shape index (κ3) is 1.59. The van der Waals surface area contributed by atoms with Gasteiger partial charge in [0.2, 0.25) is 17.7 Å². The number of hydrogen-bond donors (Lipinski definition) is 2. The van der Waals surface area contributed by atoms with Crippen LogP contribution in [0.3, 0.4) is 0 Å². The molecule has 122 valence electrons. The second kappa shape index (κ2) is 4.89. The van der Waals surface area contributed by atoms with Crippen molar-refractivity contribution in [2.75, 3.05) is 11.4 Å². The Balaban J connectivity index is 2.16. The third-order valence-electron chi connectivity index (χ3n) is 4.64. The maximum Gasteiger partial charge on any atom is 0.248 e. The lowest BCUT2D eigenvalue weighted by Crippen LogP contribution is -2.46. The fourth-order valence-corrected chi connectivity index (χ4v) is 3.71. The number of H-pyrrole nitrogens is 1. The topological polar surface area (TPSA) is 108 Å². The van der Waals surface area contributed by atoms with Crippen molar-refractivity contribution in [2.24, 2.45) is 5.73 Å². The first kappa shape index (κ1) is 14.9. The van der Waals surface area contributed by atoms with Crippen molar-refractivity contribution < 1.29 is 9.53 Å². The summed E-state index contributed by atoms with van der Waals surface area (Å²) in [6.45, 7) is 1.86. The van der Waals surface area contributed by atoms with E-state index in [1.54, 1.807) is 19.1 Å². The zero-order chi connectivity index (χ0) is 17.8. The number of ether oxygens (including phenoxy) is 1. The van der Waals surface area contributed by atoms with Crippen molar-refractivity contribution in [2.45, 2.75) is 12.3 Å². The molecule has 7 nitrogen and oxygen atoms in total. The molecule has 1 atom stereocenters. The quantitative estimate of drug-likeness (QED) is 0.760. The van der Waals surface area contributed by atoms with E-state index in [0.717, 1.165) is 0 Å². The molecule has 1 aromatic heterocycles. The predicted octanol–water partition coefficient (Wildman–Crippen LogP) is 1.07. The Kier molecular flexibility index (Phi) is 2.91. The van der Waals surface area contributed by atoms with Crippen molar-refractivity contribution in [3.63, 3.8) is 0 Å². The van der Waals surface area contributed by atoms with E-state index in [1.165, 1.54) is 4.90 Å². The van der Waals surface area contributed by atoms with Gasteiger partial charge < -0.3 is 10.5 Å². The van der Waals surface area contributed by atoms with Crippen LogP contribution < -0.4 is 15.4 Å². The molecule has 2 aromatic rings. The number of para-hydroxylation sites is 1. The van der Waals surface area contributed by atoms with Crippen molar-refractivity contribution in [1.82, 2.24) is 10.2 Å².